The first-order chi connectivity index (χ1) is 9.29. The molecule has 0 aromatic carbocycles. The highest BCUT2D eigenvalue weighted by molar-refractivity contribution is 5.56. The van der Waals surface area contributed by atoms with Gasteiger partial charge in [0.25, 0.3) is 0 Å². The van der Waals surface area contributed by atoms with E-state index >= 15 is 0 Å². The molecule has 3 rings (SSSR count). The van der Waals surface area contributed by atoms with Gasteiger partial charge in [-0.15, -0.1) is 0 Å². The number of aryl methyl sites for hydroxylation is 1. The van der Waals surface area contributed by atoms with Crippen LogP contribution in [0.3, 0.4) is 0 Å². The van der Waals surface area contributed by atoms with Crippen LogP contribution in [0.5, 0.6) is 0 Å². The Balaban J connectivity index is 1.77. The summed E-state index contributed by atoms with van der Waals surface area (Å²) in [5.74, 6) is 3.10. The largest absolute Gasteiger partial charge is 0.365 e. The predicted octanol–water partition coefficient (Wildman–Crippen LogP) is 1.31. The van der Waals surface area contributed by atoms with Gasteiger partial charge in [-0.1, -0.05) is 6.07 Å². The summed E-state index contributed by atoms with van der Waals surface area (Å²) in [5, 5.41) is 9.77. The first kappa shape index (κ1) is 11.9. The van der Waals surface area contributed by atoms with E-state index in [4.69, 9.17) is 0 Å². The number of nitrogens with zero attached hydrogens (tertiary/aromatic N) is 3. The molecule has 0 atom stereocenters. The van der Waals surface area contributed by atoms with Gasteiger partial charge in [-0.05, 0) is 19.1 Å². The van der Waals surface area contributed by atoms with Crippen LogP contribution in [-0.4, -0.2) is 34.1 Å². The summed E-state index contributed by atoms with van der Waals surface area (Å²) in [6.45, 7) is 3.84. The van der Waals surface area contributed by atoms with Gasteiger partial charge < -0.3 is 16.0 Å². The minimum absolute atomic E-state index is 0.456. The molecule has 6 nitrogen and oxygen atoms in total. The van der Waals surface area contributed by atoms with Crippen LogP contribution in [0.25, 0.3) is 0 Å². The standard InChI is InChI=1S/C13H16N6/c1-9-16-12(18-10-7-14-8-10)6-13(17-9)19-11-4-2-3-5-15-11/h2-6,10,14H,7-8H2,1H3,(H2,15,16,17,18,19). The quantitative estimate of drug-likeness (QED) is 0.766. The third-order valence-electron chi connectivity index (χ3n) is 2.89. The summed E-state index contributed by atoms with van der Waals surface area (Å²) < 4.78 is 0. The van der Waals surface area contributed by atoms with Crippen molar-refractivity contribution in [3.05, 3.63) is 36.3 Å². The van der Waals surface area contributed by atoms with Crippen LogP contribution in [-0.2, 0) is 0 Å². The van der Waals surface area contributed by atoms with Crippen LogP contribution < -0.4 is 16.0 Å². The summed E-state index contributed by atoms with van der Waals surface area (Å²) >= 11 is 0. The molecular weight excluding hydrogens is 240 g/mol. The minimum atomic E-state index is 0.456. The molecule has 19 heavy (non-hydrogen) atoms. The van der Waals surface area contributed by atoms with E-state index in [2.05, 4.69) is 30.9 Å². The van der Waals surface area contributed by atoms with Gasteiger partial charge in [-0.2, -0.15) is 0 Å². The fraction of sp³-hybridized carbons (Fsp3) is 0.308. The van der Waals surface area contributed by atoms with Gasteiger partial charge in [0.05, 0.1) is 6.04 Å². The third-order valence-corrected chi connectivity index (χ3v) is 2.89. The van der Waals surface area contributed by atoms with Gasteiger partial charge in [-0.3, -0.25) is 0 Å². The summed E-state index contributed by atoms with van der Waals surface area (Å²) in [5.41, 5.74) is 0. The minimum Gasteiger partial charge on any atom is -0.365 e. The zero-order valence-electron chi connectivity index (χ0n) is 10.7. The Kier molecular flexibility index (Phi) is 3.24. The first-order valence-electron chi connectivity index (χ1n) is 6.30. The highest BCUT2D eigenvalue weighted by atomic mass is 15.2. The van der Waals surface area contributed by atoms with Gasteiger partial charge >= 0.3 is 0 Å². The van der Waals surface area contributed by atoms with Gasteiger partial charge in [0.1, 0.15) is 23.3 Å². The summed E-state index contributed by atoms with van der Waals surface area (Å²) in [6.07, 6.45) is 1.75. The Morgan fingerprint density at radius 3 is 2.68 bits per heavy atom. The predicted molar refractivity (Wildman–Crippen MR) is 74.6 cm³/mol. The van der Waals surface area contributed by atoms with Crippen LogP contribution >= 0.6 is 0 Å². The van der Waals surface area contributed by atoms with E-state index in [1.165, 1.54) is 0 Å². The Bertz CT molecular complexity index is 552. The molecule has 6 heteroatoms. The van der Waals surface area contributed by atoms with E-state index in [1.807, 2.05) is 31.2 Å². The van der Waals surface area contributed by atoms with E-state index in [0.717, 1.165) is 36.4 Å². The molecule has 1 aliphatic heterocycles. The lowest BCUT2D eigenvalue weighted by molar-refractivity contribution is 0.471. The normalized spacial score (nSPS) is 14.8. The maximum Gasteiger partial charge on any atom is 0.137 e. The van der Waals surface area contributed by atoms with Crippen molar-refractivity contribution in [1.82, 2.24) is 20.3 Å². The van der Waals surface area contributed by atoms with Crippen LogP contribution in [0.2, 0.25) is 0 Å². The van der Waals surface area contributed by atoms with E-state index in [-0.39, 0.29) is 0 Å². The van der Waals surface area contributed by atoms with E-state index in [1.54, 1.807) is 6.20 Å². The highest BCUT2D eigenvalue weighted by Gasteiger charge is 2.17. The Hall–Kier alpha value is -2.21. The van der Waals surface area contributed by atoms with Crippen molar-refractivity contribution >= 4 is 17.5 Å². The molecule has 0 radical (unpaired) electrons. The lowest BCUT2D eigenvalue weighted by atomic mass is 10.2. The molecule has 0 aliphatic carbocycles. The summed E-state index contributed by atoms with van der Waals surface area (Å²) in [4.78, 5) is 13.0. The molecule has 98 valence electrons. The van der Waals surface area contributed by atoms with Gasteiger partial charge in [0.15, 0.2) is 0 Å². The number of pyridine rings is 1. The second kappa shape index (κ2) is 5.19. The fourth-order valence-corrected chi connectivity index (χ4v) is 1.87. The van der Waals surface area contributed by atoms with Crippen molar-refractivity contribution in [2.24, 2.45) is 0 Å². The molecule has 0 amide bonds. The van der Waals surface area contributed by atoms with Crippen LogP contribution in [0.4, 0.5) is 17.5 Å². The number of rotatable bonds is 4. The molecular formula is C13H16N6. The Labute approximate surface area is 111 Å². The van der Waals surface area contributed by atoms with Crippen molar-refractivity contribution in [2.75, 3.05) is 23.7 Å². The number of hydrogen-bond acceptors (Lipinski definition) is 6. The molecule has 2 aromatic rings. The van der Waals surface area contributed by atoms with Gasteiger partial charge in [0.2, 0.25) is 0 Å². The van der Waals surface area contributed by atoms with Crippen molar-refractivity contribution in [2.45, 2.75) is 13.0 Å². The zero-order chi connectivity index (χ0) is 13.1. The average molecular weight is 256 g/mol. The van der Waals surface area contributed by atoms with Crippen LogP contribution in [0, 0.1) is 6.92 Å². The molecule has 2 aromatic heterocycles. The monoisotopic (exact) mass is 256 g/mol. The van der Waals surface area contributed by atoms with Crippen LogP contribution in [0.15, 0.2) is 30.5 Å². The Morgan fingerprint density at radius 2 is 2.00 bits per heavy atom. The Morgan fingerprint density at radius 1 is 1.16 bits per heavy atom. The maximum atomic E-state index is 4.39. The molecule has 3 heterocycles. The van der Waals surface area contributed by atoms with Crippen molar-refractivity contribution < 1.29 is 0 Å². The molecule has 0 unspecified atom stereocenters. The fourth-order valence-electron chi connectivity index (χ4n) is 1.87. The highest BCUT2D eigenvalue weighted by Crippen LogP contribution is 2.16. The number of anilines is 3. The average Bonchev–Trinajstić information content (AvgIpc) is 2.34. The topological polar surface area (TPSA) is 74.8 Å². The molecule has 1 aliphatic rings. The SMILES string of the molecule is Cc1nc(Nc2ccccn2)cc(NC2CNC2)n1. The van der Waals surface area contributed by atoms with Gasteiger partial charge in [-0.25, -0.2) is 15.0 Å². The first-order valence-corrected chi connectivity index (χ1v) is 6.30. The van der Waals surface area contributed by atoms with Gasteiger partial charge in [0, 0.05) is 25.4 Å². The molecule has 0 spiro atoms. The van der Waals surface area contributed by atoms with Crippen molar-refractivity contribution in [1.29, 1.82) is 0 Å². The van der Waals surface area contributed by atoms with E-state index in [0.29, 0.717) is 6.04 Å². The second-order valence-corrected chi connectivity index (χ2v) is 4.53. The zero-order valence-corrected chi connectivity index (χ0v) is 10.7. The number of nitrogens with one attached hydrogen (secondary N) is 3. The smallest absolute Gasteiger partial charge is 0.137 e. The lowest BCUT2D eigenvalue weighted by Crippen LogP contribution is -2.51. The van der Waals surface area contributed by atoms with E-state index < -0.39 is 0 Å². The molecule has 0 saturated carbocycles. The maximum absolute atomic E-state index is 4.39. The molecule has 1 fully saturated rings. The second-order valence-electron chi connectivity index (χ2n) is 4.53. The molecule has 0 bridgehead atoms. The molecule has 1 saturated heterocycles. The summed E-state index contributed by atoms with van der Waals surface area (Å²) in [6, 6.07) is 8.08. The van der Waals surface area contributed by atoms with Crippen molar-refractivity contribution in [3.63, 3.8) is 0 Å². The lowest BCUT2D eigenvalue weighted by Gasteiger charge is -2.28. The van der Waals surface area contributed by atoms with Crippen molar-refractivity contribution in [3.8, 4) is 0 Å². The third kappa shape index (κ3) is 2.97. The summed E-state index contributed by atoms with van der Waals surface area (Å²) in [7, 11) is 0. The van der Waals surface area contributed by atoms with E-state index in [9.17, 15) is 0 Å². The molecule has 3 N–H and O–H groups in total. The van der Waals surface area contributed by atoms with Crippen LogP contribution in [0.1, 0.15) is 5.82 Å². The number of aromatic nitrogens is 3. The number of hydrogen-bond donors (Lipinski definition) is 3.